The van der Waals surface area contributed by atoms with Gasteiger partial charge in [-0.15, -0.1) is 0 Å². The van der Waals surface area contributed by atoms with Crippen LogP contribution in [0.3, 0.4) is 0 Å². The smallest absolute Gasteiger partial charge is 0.120 e. The average molecular weight is 288 g/mol. The molecule has 2 aromatic carbocycles. The third-order valence-corrected chi connectivity index (χ3v) is 3.45. The molecular formula is C18H26NO2+. The molecule has 0 fully saturated rings. The molecule has 0 amide bonds. The molecule has 21 heavy (non-hydrogen) atoms. The van der Waals surface area contributed by atoms with Crippen molar-refractivity contribution in [3.05, 3.63) is 42.5 Å². The van der Waals surface area contributed by atoms with Gasteiger partial charge in [0.1, 0.15) is 12.4 Å². The van der Waals surface area contributed by atoms with Crippen molar-refractivity contribution in [2.75, 3.05) is 32.9 Å². The molecule has 0 radical (unpaired) electrons. The van der Waals surface area contributed by atoms with Crippen LogP contribution in [0.4, 0.5) is 0 Å². The van der Waals surface area contributed by atoms with Crippen molar-refractivity contribution in [3.8, 4) is 5.75 Å². The molecule has 0 saturated carbocycles. The quantitative estimate of drug-likeness (QED) is 0.682. The van der Waals surface area contributed by atoms with E-state index in [1.54, 1.807) is 0 Å². The number of benzene rings is 2. The first-order chi connectivity index (χ1) is 10.4. The van der Waals surface area contributed by atoms with Gasteiger partial charge in [-0.2, -0.15) is 0 Å². The summed E-state index contributed by atoms with van der Waals surface area (Å²) in [6, 6.07) is 14.5. The van der Waals surface area contributed by atoms with Gasteiger partial charge in [-0.25, -0.2) is 0 Å². The largest absolute Gasteiger partial charge is 0.491 e. The van der Waals surface area contributed by atoms with E-state index >= 15 is 0 Å². The molecule has 0 aromatic heterocycles. The van der Waals surface area contributed by atoms with Gasteiger partial charge >= 0.3 is 0 Å². The summed E-state index contributed by atoms with van der Waals surface area (Å²) in [6.07, 6.45) is 2.54. The number of rotatable bonds is 10. The Morgan fingerprint density at radius 2 is 1.76 bits per heavy atom. The third-order valence-electron chi connectivity index (χ3n) is 3.45. The number of fused-ring (bicyclic) bond motifs is 1. The zero-order valence-electron chi connectivity index (χ0n) is 12.9. The fourth-order valence-electron chi connectivity index (χ4n) is 2.24. The van der Waals surface area contributed by atoms with Crippen molar-refractivity contribution in [1.29, 1.82) is 0 Å². The van der Waals surface area contributed by atoms with Crippen LogP contribution in [-0.4, -0.2) is 32.9 Å². The van der Waals surface area contributed by atoms with E-state index in [0.717, 1.165) is 18.9 Å². The van der Waals surface area contributed by atoms with E-state index in [-0.39, 0.29) is 0 Å². The van der Waals surface area contributed by atoms with Gasteiger partial charge in [-0.3, -0.25) is 0 Å². The van der Waals surface area contributed by atoms with Crippen LogP contribution in [0.25, 0.3) is 10.8 Å². The Balaban J connectivity index is 1.59. The summed E-state index contributed by atoms with van der Waals surface area (Å²) in [5.74, 6) is 0.909. The lowest BCUT2D eigenvalue weighted by Gasteiger charge is -2.08. The number of unbranched alkanes of at least 4 members (excludes halogenated alkanes) is 1. The second-order valence-electron chi connectivity index (χ2n) is 5.19. The topological polar surface area (TPSA) is 35.1 Å². The highest BCUT2D eigenvalue weighted by atomic mass is 16.5. The molecule has 0 aliphatic rings. The first kappa shape index (κ1) is 15.8. The normalized spacial score (nSPS) is 10.9. The van der Waals surface area contributed by atoms with Gasteiger partial charge in [-0.05, 0) is 29.3 Å². The van der Waals surface area contributed by atoms with Gasteiger partial charge in [0.2, 0.25) is 0 Å². The highest BCUT2D eigenvalue weighted by Gasteiger charge is 1.97. The van der Waals surface area contributed by atoms with Crippen LogP contribution >= 0.6 is 0 Å². The van der Waals surface area contributed by atoms with E-state index in [0.29, 0.717) is 13.2 Å². The van der Waals surface area contributed by atoms with E-state index in [1.165, 1.54) is 30.2 Å². The predicted octanol–water partition coefficient (Wildman–Crippen LogP) is 2.60. The molecular weight excluding hydrogens is 262 g/mol. The van der Waals surface area contributed by atoms with Gasteiger partial charge in [0.05, 0.1) is 26.3 Å². The van der Waals surface area contributed by atoms with Gasteiger partial charge in [0.15, 0.2) is 0 Å². The maximum Gasteiger partial charge on any atom is 0.120 e. The Hall–Kier alpha value is -1.58. The minimum Gasteiger partial charge on any atom is -0.491 e. The minimum absolute atomic E-state index is 0.604. The molecule has 114 valence electrons. The SMILES string of the molecule is CCCC[NH2+]CCOCCOc1ccc2ccccc2c1. The molecule has 0 aliphatic heterocycles. The lowest BCUT2D eigenvalue weighted by atomic mass is 10.1. The highest BCUT2D eigenvalue weighted by Crippen LogP contribution is 2.20. The van der Waals surface area contributed by atoms with Crippen molar-refractivity contribution in [2.24, 2.45) is 0 Å². The summed E-state index contributed by atoms with van der Waals surface area (Å²) in [6.45, 7) is 6.50. The molecule has 2 rings (SSSR count). The van der Waals surface area contributed by atoms with Gasteiger partial charge in [0, 0.05) is 0 Å². The number of quaternary nitrogens is 1. The van der Waals surface area contributed by atoms with Crippen molar-refractivity contribution in [1.82, 2.24) is 0 Å². The monoisotopic (exact) mass is 288 g/mol. The van der Waals surface area contributed by atoms with Crippen LogP contribution in [0.1, 0.15) is 19.8 Å². The van der Waals surface area contributed by atoms with Crippen LogP contribution < -0.4 is 10.1 Å². The van der Waals surface area contributed by atoms with Gasteiger partial charge < -0.3 is 14.8 Å². The fraction of sp³-hybridized carbons (Fsp3) is 0.444. The summed E-state index contributed by atoms with van der Waals surface area (Å²) >= 11 is 0. The van der Waals surface area contributed by atoms with Crippen molar-refractivity contribution in [2.45, 2.75) is 19.8 Å². The fourth-order valence-corrected chi connectivity index (χ4v) is 2.24. The van der Waals surface area contributed by atoms with Crippen molar-refractivity contribution >= 4 is 10.8 Å². The summed E-state index contributed by atoms with van der Waals surface area (Å²) < 4.78 is 11.3. The summed E-state index contributed by atoms with van der Waals surface area (Å²) in [5.41, 5.74) is 0. The van der Waals surface area contributed by atoms with E-state index < -0.39 is 0 Å². The van der Waals surface area contributed by atoms with Crippen LogP contribution in [0.15, 0.2) is 42.5 Å². The molecule has 3 heteroatoms. The minimum atomic E-state index is 0.604. The van der Waals surface area contributed by atoms with Gasteiger partial charge in [-0.1, -0.05) is 43.7 Å². The van der Waals surface area contributed by atoms with Gasteiger partial charge in [0.25, 0.3) is 0 Å². The number of hydrogen-bond acceptors (Lipinski definition) is 2. The lowest BCUT2D eigenvalue weighted by molar-refractivity contribution is -0.656. The molecule has 2 aromatic rings. The van der Waals surface area contributed by atoms with Crippen LogP contribution in [0.5, 0.6) is 5.75 Å². The Labute approximate surface area is 127 Å². The van der Waals surface area contributed by atoms with Crippen LogP contribution in [-0.2, 0) is 4.74 Å². The molecule has 0 bridgehead atoms. The Morgan fingerprint density at radius 3 is 2.62 bits per heavy atom. The van der Waals surface area contributed by atoms with E-state index in [4.69, 9.17) is 9.47 Å². The number of nitrogens with two attached hydrogens (primary N) is 1. The molecule has 0 spiro atoms. The molecule has 0 saturated heterocycles. The molecule has 0 heterocycles. The highest BCUT2D eigenvalue weighted by molar-refractivity contribution is 5.83. The zero-order valence-corrected chi connectivity index (χ0v) is 12.9. The molecule has 0 aliphatic carbocycles. The maximum absolute atomic E-state index is 5.72. The standard InChI is InChI=1S/C18H25NO2/c1-2-3-10-19-11-12-20-13-14-21-18-9-8-16-6-4-5-7-17(16)15-18/h4-9,15,19H,2-3,10-14H2,1H3/p+1. The van der Waals surface area contributed by atoms with Crippen molar-refractivity contribution < 1.29 is 14.8 Å². The average Bonchev–Trinajstić information content (AvgIpc) is 2.53. The van der Waals surface area contributed by atoms with Crippen molar-refractivity contribution in [3.63, 3.8) is 0 Å². The third kappa shape index (κ3) is 5.74. The van der Waals surface area contributed by atoms with Crippen LogP contribution in [0.2, 0.25) is 0 Å². The summed E-state index contributed by atoms with van der Waals surface area (Å²) in [7, 11) is 0. The Bertz CT molecular complexity index is 527. The lowest BCUT2D eigenvalue weighted by Crippen LogP contribution is -2.85. The number of ether oxygens (including phenoxy) is 2. The second kappa shape index (κ2) is 9.37. The second-order valence-corrected chi connectivity index (χ2v) is 5.19. The first-order valence-corrected chi connectivity index (χ1v) is 7.91. The molecule has 0 unspecified atom stereocenters. The van der Waals surface area contributed by atoms with E-state index in [1.807, 2.05) is 18.2 Å². The molecule has 0 atom stereocenters. The Morgan fingerprint density at radius 1 is 0.905 bits per heavy atom. The zero-order chi connectivity index (χ0) is 14.8. The molecule has 2 N–H and O–H groups in total. The summed E-state index contributed by atoms with van der Waals surface area (Å²) in [5, 5.41) is 4.76. The maximum atomic E-state index is 5.72. The molecule has 3 nitrogen and oxygen atoms in total. The predicted molar refractivity (Wildman–Crippen MR) is 86.8 cm³/mol. The number of hydrogen-bond donors (Lipinski definition) is 1. The Kier molecular flexibility index (Phi) is 7.05. The van der Waals surface area contributed by atoms with E-state index in [9.17, 15) is 0 Å². The first-order valence-electron chi connectivity index (χ1n) is 7.91. The van der Waals surface area contributed by atoms with E-state index in [2.05, 4.69) is 36.5 Å². The summed E-state index contributed by atoms with van der Waals surface area (Å²) in [4.78, 5) is 0. The van der Waals surface area contributed by atoms with Crippen LogP contribution in [0, 0.1) is 0 Å².